The number of anilines is 1. The van der Waals surface area contributed by atoms with Gasteiger partial charge in [-0.05, 0) is 17.7 Å². The Morgan fingerprint density at radius 2 is 1.79 bits per heavy atom. The topological polar surface area (TPSA) is 94.9 Å². The number of nitrogens with one attached hydrogen (secondary N) is 1. The number of guanidine groups is 1. The van der Waals surface area contributed by atoms with E-state index < -0.39 is 24.3 Å². The standard InChI is InChI=1S/C18H22F2N6O3/c1-23-8-15-21-17(22-18(29)26(15)10-23)25-4-2-24(3-5-25)16-12(19)6-11(7-13(16)20)14(28)9-27/h6-8,14,27-28H,2-5,9-10H2,1H3,(H,21,22,29). The molecular formula is C18H22F2N6O3. The van der Waals surface area contributed by atoms with Crippen LogP contribution in [0.25, 0.3) is 0 Å². The van der Waals surface area contributed by atoms with Gasteiger partial charge in [-0.1, -0.05) is 0 Å². The third kappa shape index (κ3) is 3.58. The van der Waals surface area contributed by atoms with Gasteiger partial charge in [0.15, 0.2) is 5.82 Å². The fourth-order valence-electron chi connectivity index (χ4n) is 3.64. The van der Waals surface area contributed by atoms with Crippen LogP contribution in [0.1, 0.15) is 11.7 Å². The molecule has 1 saturated heterocycles. The van der Waals surface area contributed by atoms with E-state index in [0.29, 0.717) is 44.6 Å². The first-order chi connectivity index (χ1) is 13.9. The Kier molecular flexibility index (Phi) is 5.01. The van der Waals surface area contributed by atoms with Crippen molar-refractivity contribution in [3.8, 4) is 0 Å². The number of halogens is 2. The molecule has 2 amide bonds. The average Bonchev–Trinajstić information content (AvgIpc) is 3.08. The molecule has 1 aromatic carbocycles. The number of aliphatic hydroxyl groups is 2. The lowest BCUT2D eigenvalue weighted by Crippen LogP contribution is -2.57. The van der Waals surface area contributed by atoms with E-state index in [1.54, 1.807) is 11.1 Å². The van der Waals surface area contributed by atoms with E-state index in [4.69, 9.17) is 5.11 Å². The van der Waals surface area contributed by atoms with Crippen molar-refractivity contribution in [1.29, 1.82) is 0 Å². The van der Waals surface area contributed by atoms with Crippen molar-refractivity contribution in [1.82, 2.24) is 20.0 Å². The third-order valence-electron chi connectivity index (χ3n) is 5.15. The second-order valence-corrected chi connectivity index (χ2v) is 7.18. The van der Waals surface area contributed by atoms with Crippen LogP contribution in [-0.4, -0.2) is 83.4 Å². The molecular weight excluding hydrogens is 386 g/mol. The summed E-state index contributed by atoms with van der Waals surface area (Å²) < 4.78 is 29.0. The van der Waals surface area contributed by atoms with Crippen LogP contribution in [0.2, 0.25) is 0 Å². The molecule has 0 spiro atoms. The maximum Gasteiger partial charge on any atom is 0.331 e. The van der Waals surface area contributed by atoms with Gasteiger partial charge in [0, 0.05) is 39.4 Å². The minimum atomic E-state index is -1.33. The smallest absolute Gasteiger partial charge is 0.331 e. The highest BCUT2D eigenvalue weighted by Crippen LogP contribution is 2.28. The minimum Gasteiger partial charge on any atom is -0.393 e. The summed E-state index contributed by atoms with van der Waals surface area (Å²) in [5, 5.41) is 21.3. The fourth-order valence-corrected chi connectivity index (χ4v) is 3.64. The molecule has 11 heteroatoms. The van der Waals surface area contributed by atoms with E-state index in [1.807, 2.05) is 16.8 Å². The van der Waals surface area contributed by atoms with Gasteiger partial charge in [-0.3, -0.25) is 10.2 Å². The summed E-state index contributed by atoms with van der Waals surface area (Å²) in [6, 6.07) is 1.81. The van der Waals surface area contributed by atoms with Crippen molar-refractivity contribution in [2.45, 2.75) is 6.10 Å². The molecule has 1 atom stereocenters. The number of benzene rings is 1. The van der Waals surface area contributed by atoms with Gasteiger partial charge in [0.25, 0.3) is 0 Å². The van der Waals surface area contributed by atoms with Gasteiger partial charge in [-0.25, -0.2) is 13.6 Å². The molecule has 3 heterocycles. The van der Waals surface area contributed by atoms with Gasteiger partial charge in [0.1, 0.15) is 30.1 Å². The van der Waals surface area contributed by atoms with E-state index in [0.717, 1.165) is 12.1 Å². The molecule has 0 aromatic heterocycles. The lowest BCUT2D eigenvalue weighted by atomic mass is 10.1. The Bertz CT molecular complexity index is 861. The van der Waals surface area contributed by atoms with Crippen LogP contribution in [0.4, 0.5) is 19.3 Å². The Labute approximate surface area is 166 Å². The van der Waals surface area contributed by atoms with E-state index in [-0.39, 0.29) is 17.3 Å². The number of hydrogen-bond donors (Lipinski definition) is 3. The zero-order chi connectivity index (χ0) is 20.7. The number of carbonyl (C=O) groups excluding carboxylic acids is 1. The number of urea groups is 1. The summed E-state index contributed by atoms with van der Waals surface area (Å²) in [6.45, 7) is 1.31. The van der Waals surface area contributed by atoms with Crippen molar-refractivity contribution in [3.05, 3.63) is 41.4 Å². The molecule has 3 aliphatic heterocycles. The number of aliphatic hydroxyl groups excluding tert-OH is 2. The number of aliphatic imine (C=N–C) groups is 1. The quantitative estimate of drug-likeness (QED) is 0.661. The lowest BCUT2D eigenvalue weighted by molar-refractivity contribution is 0.0951. The first kappa shape index (κ1) is 19.4. The Morgan fingerprint density at radius 1 is 1.17 bits per heavy atom. The van der Waals surface area contributed by atoms with Crippen molar-refractivity contribution < 1.29 is 23.8 Å². The predicted molar refractivity (Wildman–Crippen MR) is 101 cm³/mol. The summed E-state index contributed by atoms with van der Waals surface area (Å²) in [7, 11) is 1.85. The maximum atomic E-state index is 14.5. The van der Waals surface area contributed by atoms with Crippen molar-refractivity contribution >= 4 is 17.7 Å². The number of fused-ring (bicyclic) bond motifs is 1. The number of rotatable bonds is 3. The largest absolute Gasteiger partial charge is 0.393 e. The molecule has 0 aliphatic carbocycles. The Hall–Kier alpha value is -2.92. The highest BCUT2D eigenvalue weighted by molar-refractivity contribution is 5.99. The second kappa shape index (κ2) is 7.48. The number of carbonyl (C=O) groups is 1. The van der Waals surface area contributed by atoms with Crippen molar-refractivity contribution in [2.75, 3.05) is 51.4 Å². The summed E-state index contributed by atoms with van der Waals surface area (Å²) in [6.07, 6.45) is 0.448. The van der Waals surface area contributed by atoms with Gasteiger partial charge in [0.05, 0.1) is 6.61 Å². The first-order valence-electron chi connectivity index (χ1n) is 9.24. The molecule has 156 valence electrons. The molecule has 0 saturated carbocycles. The van der Waals surface area contributed by atoms with Crippen molar-refractivity contribution in [3.63, 3.8) is 0 Å². The zero-order valence-corrected chi connectivity index (χ0v) is 15.8. The highest BCUT2D eigenvalue weighted by Gasteiger charge is 2.33. The third-order valence-corrected chi connectivity index (χ3v) is 5.15. The van der Waals surface area contributed by atoms with E-state index in [9.17, 15) is 18.7 Å². The Morgan fingerprint density at radius 3 is 2.41 bits per heavy atom. The Balaban J connectivity index is 1.47. The van der Waals surface area contributed by atoms with Crippen LogP contribution in [0, 0.1) is 11.6 Å². The van der Waals surface area contributed by atoms with Gasteiger partial charge in [-0.15, -0.1) is 0 Å². The summed E-state index contributed by atoms with van der Waals surface area (Å²) in [5.74, 6) is -0.600. The number of hydrogen-bond acceptors (Lipinski definition) is 7. The molecule has 4 rings (SSSR count). The van der Waals surface area contributed by atoms with Crippen LogP contribution < -0.4 is 10.2 Å². The normalized spacial score (nSPS) is 20.4. The van der Waals surface area contributed by atoms with Crippen LogP contribution in [0.15, 0.2) is 29.1 Å². The first-order valence-corrected chi connectivity index (χ1v) is 9.24. The lowest BCUT2D eigenvalue weighted by Gasteiger charge is -2.39. The molecule has 9 nitrogen and oxygen atoms in total. The molecule has 0 radical (unpaired) electrons. The van der Waals surface area contributed by atoms with Crippen molar-refractivity contribution in [2.24, 2.45) is 4.99 Å². The van der Waals surface area contributed by atoms with Crippen LogP contribution in [0.5, 0.6) is 0 Å². The van der Waals surface area contributed by atoms with Gasteiger partial charge < -0.3 is 24.9 Å². The summed E-state index contributed by atoms with van der Waals surface area (Å²) in [4.78, 5) is 23.5. The molecule has 1 aromatic rings. The zero-order valence-electron chi connectivity index (χ0n) is 15.8. The summed E-state index contributed by atoms with van der Waals surface area (Å²) >= 11 is 0. The van der Waals surface area contributed by atoms with Crippen LogP contribution >= 0.6 is 0 Å². The van der Waals surface area contributed by atoms with Crippen LogP contribution in [-0.2, 0) is 0 Å². The van der Waals surface area contributed by atoms with E-state index >= 15 is 0 Å². The monoisotopic (exact) mass is 408 g/mol. The number of amides is 2. The molecule has 3 aliphatic rings. The van der Waals surface area contributed by atoms with E-state index in [2.05, 4.69) is 10.3 Å². The van der Waals surface area contributed by atoms with Gasteiger partial charge in [0.2, 0.25) is 5.96 Å². The van der Waals surface area contributed by atoms with Gasteiger partial charge >= 0.3 is 6.03 Å². The number of piperazine rings is 1. The molecule has 1 unspecified atom stereocenters. The number of nitrogens with zero attached hydrogens (tertiary/aromatic N) is 5. The minimum absolute atomic E-state index is 0.0106. The SMILES string of the molecule is CN1C=C2N=C(N3CCN(c4c(F)cc(C(O)CO)cc4F)CC3)NC(=O)N2C1. The molecule has 29 heavy (non-hydrogen) atoms. The van der Waals surface area contributed by atoms with Gasteiger partial charge in [-0.2, -0.15) is 4.99 Å². The molecule has 1 fully saturated rings. The predicted octanol–water partition coefficient (Wildman–Crippen LogP) is 0.196. The molecule has 3 N–H and O–H groups in total. The molecule has 0 bridgehead atoms. The second-order valence-electron chi connectivity index (χ2n) is 7.18. The summed E-state index contributed by atoms with van der Waals surface area (Å²) in [5.41, 5.74) is -0.178. The van der Waals surface area contributed by atoms with Crippen LogP contribution in [0.3, 0.4) is 0 Å². The fraction of sp³-hybridized carbons (Fsp3) is 0.444. The average molecular weight is 408 g/mol. The van der Waals surface area contributed by atoms with E-state index in [1.165, 1.54) is 4.90 Å². The maximum absolute atomic E-state index is 14.5. The highest BCUT2D eigenvalue weighted by atomic mass is 19.1.